The minimum absolute atomic E-state index is 0.773. The molecule has 2 rings (SSSR count). The van der Waals surface area contributed by atoms with Gasteiger partial charge in [-0.25, -0.2) is 0 Å². The van der Waals surface area contributed by atoms with Crippen molar-refractivity contribution in [1.82, 2.24) is 0 Å². The van der Waals surface area contributed by atoms with Gasteiger partial charge >= 0.3 is 0 Å². The van der Waals surface area contributed by atoms with E-state index < -0.39 is 0 Å². The van der Waals surface area contributed by atoms with Gasteiger partial charge in [-0.15, -0.1) is 0 Å². The number of fused-ring (bicyclic) bond motifs is 1. The Hall–Kier alpha value is -1.70. The van der Waals surface area contributed by atoms with Gasteiger partial charge in [-0.1, -0.05) is 31.5 Å². The largest absolute Gasteiger partial charge is 0.494 e. The second-order valence-electron chi connectivity index (χ2n) is 3.93. The summed E-state index contributed by atoms with van der Waals surface area (Å²) in [7, 11) is 0. The van der Waals surface area contributed by atoms with Crippen LogP contribution in [0.5, 0.6) is 5.75 Å². The lowest BCUT2D eigenvalue weighted by atomic mass is 10.1. The van der Waals surface area contributed by atoms with Gasteiger partial charge in [-0.2, -0.15) is 0 Å². The number of ether oxygens (including phenoxy) is 1. The van der Waals surface area contributed by atoms with Crippen LogP contribution in [-0.4, -0.2) is 6.61 Å². The molecule has 0 radical (unpaired) electrons. The molecule has 2 heteroatoms. The van der Waals surface area contributed by atoms with E-state index in [0.29, 0.717) is 0 Å². The predicted octanol–water partition coefficient (Wildman–Crippen LogP) is 3.60. The van der Waals surface area contributed by atoms with E-state index in [2.05, 4.69) is 13.0 Å². The van der Waals surface area contributed by atoms with Gasteiger partial charge in [0, 0.05) is 11.1 Å². The molecule has 0 saturated carbocycles. The maximum atomic E-state index is 5.92. The molecule has 2 N–H and O–H groups in total. The zero-order chi connectivity index (χ0) is 11.4. The maximum Gasteiger partial charge on any atom is 0.120 e. The highest BCUT2D eigenvalue weighted by Crippen LogP contribution is 2.25. The summed E-state index contributed by atoms with van der Waals surface area (Å²) in [5.41, 5.74) is 6.73. The summed E-state index contributed by atoms with van der Waals surface area (Å²) in [6, 6.07) is 12.0. The number of hydrogen-bond acceptors (Lipinski definition) is 2. The van der Waals surface area contributed by atoms with Crippen LogP contribution in [0.4, 0.5) is 5.69 Å². The van der Waals surface area contributed by atoms with Crippen LogP contribution in [0.1, 0.15) is 19.8 Å². The van der Waals surface area contributed by atoms with E-state index >= 15 is 0 Å². The molecular weight excluding hydrogens is 198 g/mol. The Morgan fingerprint density at radius 1 is 1.19 bits per heavy atom. The van der Waals surface area contributed by atoms with Gasteiger partial charge in [-0.05, 0) is 30.0 Å². The Labute approximate surface area is 96.0 Å². The molecule has 0 spiro atoms. The minimum Gasteiger partial charge on any atom is -0.494 e. The summed E-state index contributed by atoms with van der Waals surface area (Å²) < 4.78 is 5.65. The Morgan fingerprint density at radius 3 is 2.88 bits per heavy atom. The van der Waals surface area contributed by atoms with Crippen LogP contribution < -0.4 is 10.5 Å². The first-order valence-corrected chi connectivity index (χ1v) is 5.72. The lowest BCUT2D eigenvalue weighted by molar-refractivity contribution is 0.310. The first-order chi connectivity index (χ1) is 7.81. The fraction of sp³-hybridized carbons (Fsp3) is 0.286. The number of hydrogen-bond donors (Lipinski definition) is 1. The van der Waals surface area contributed by atoms with Crippen LogP contribution in [0, 0.1) is 0 Å². The third kappa shape index (κ3) is 2.27. The Morgan fingerprint density at radius 2 is 2.06 bits per heavy atom. The number of nitrogens with two attached hydrogens (primary N) is 1. The van der Waals surface area contributed by atoms with Crippen LogP contribution in [-0.2, 0) is 0 Å². The van der Waals surface area contributed by atoms with Gasteiger partial charge in [0.2, 0.25) is 0 Å². The van der Waals surface area contributed by atoms with Crippen LogP contribution in [0.3, 0.4) is 0 Å². The standard InChI is InChI=1S/C14H17NO/c1-2-3-9-16-12-8-7-11-5-4-6-14(15)13(11)10-12/h4-8,10H,2-3,9,15H2,1H3. The summed E-state index contributed by atoms with van der Waals surface area (Å²) in [5, 5.41) is 2.22. The van der Waals surface area contributed by atoms with Crippen molar-refractivity contribution < 1.29 is 4.74 Å². The number of benzene rings is 2. The van der Waals surface area contributed by atoms with Gasteiger partial charge in [0.15, 0.2) is 0 Å². The second kappa shape index (κ2) is 4.88. The molecule has 0 unspecified atom stereocenters. The highest BCUT2D eigenvalue weighted by molar-refractivity contribution is 5.93. The van der Waals surface area contributed by atoms with Gasteiger partial charge in [-0.3, -0.25) is 0 Å². The number of nitrogen functional groups attached to an aromatic ring is 1. The number of anilines is 1. The molecule has 2 nitrogen and oxygen atoms in total. The third-order valence-corrected chi connectivity index (χ3v) is 2.65. The SMILES string of the molecule is CCCCOc1ccc2cccc(N)c2c1. The van der Waals surface area contributed by atoms with Crippen LogP contribution in [0.25, 0.3) is 10.8 Å². The molecule has 2 aromatic carbocycles. The average molecular weight is 215 g/mol. The molecule has 2 aromatic rings. The fourth-order valence-electron chi connectivity index (χ4n) is 1.70. The first-order valence-electron chi connectivity index (χ1n) is 5.72. The average Bonchev–Trinajstić information content (AvgIpc) is 2.30. The highest BCUT2D eigenvalue weighted by Gasteiger charge is 1.99. The van der Waals surface area contributed by atoms with E-state index in [1.807, 2.05) is 30.3 Å². The minimum atomic E-state index is 0.773. The molecule has 0 heterocycles. The van der Waals surface area contributed by atoms with Crippen molar-refractivity contribution in [1.29, 1.82) is 0 Å². The quantitative estimate of drug-likeness (QED) is 0.624. The molecule has 0 bridgehead atoms. The predicted molar refractivity (Wildman–Crippen MR) is 68.8 cm³/mol. The van der Waals surface area contributed by atoms with Gasteiger partial charge in [0.1, 0.15) is 5.75 Å². The molecule has 16 heavy (non-hydrogen) atoms. The van der Waals surface area contributed by atoms with Crippen molar-refractivity contribution in [3.63, 3.8) is 0 Å². The van der Waals surface area contributed by atoms with E-state index in [0.717, 1.165) is 41.7 Å². The molecule has 0 atom stereocenters. The molecular formula is C14H17NO. The summed E-state index contributed by atoms with van der Waals surface area (Å²) in [4.78, 5) is 0. The van der Waals surface area contributed by atoms with Crippen molar-refractivity contribution in [2.24, 2.45) is 0 Å². The summed E-state index contributed by atoms with van der Waals surface area (Å²) in [6.07, 6.45) is 2.23. The first kappa shape index (κ1) is 10.8. The van der Waals surface area contributed by atoms with Crippen molar-refractivity contribution in [3.05, 3.63) is 36.4 Å². The molecule has 0 saturated heterocycles. The molecule has 0 fully saturated rings. The molecule has 0 aliphatic heterocycles. The number of unbranched alkanes of at least 4 members (excludes halogenated alkanes) is 1. The normalized spacial score (nSPS) is 10.6. The highest BCUT2D eigenvalue weighted by atomic mass is 16.5. The smallest absolute Gasteiger partial charge is 0.120 e. The lowest BCUT2D eigenvalue weighted by Gasteiger charge is -2.07. The number of rotatable bonds is 4. The van der Waals surface area contributed by atoms with Crippen molar-refractivity contribution >= 4 is 16.5 Å². The van der Waals surface area contributed by atoms with Crippen molar-refractivity contribution in [2.75, 3.05) is 12.3 Å². The summed E-state index contributed by atoms with van der Waals surface area (Å²) in [6.45, 7) is 2.93. The Balaban J connectivity index is 2.25. The third-order valence-electron chi connectivity index (χ3n) is 2.65. The van der Waals surface area contributed by atoms with Crippen molar-refractivity contribution in [2.45, 2.75) is 19.8 Å². The van der Waals surface area contributed by atoms with Gasteiger partial charge < -0.3 is 10.5 Å². The second-order valence-corrected chi connectivity index (χ2v) is 3.93. The van der Waals surface area contributed by atoms with Crippen LogP contribution in [0.15, 0.2) is 36.4 Å². The topological polar surface area (TPSA) is 35.2 Å². The van der Waals surface area contributed by atoms with Crippen LogP contribution >= 0.6 is 0 Å². The van der Waals surface area contributed by atoms with Gasteiger partial charge in [0.25, 0.3) is 0 Å². The van der Waals surface area contributed by atoms with E-state index in [9.17, 15) is 0 Å². The maximum absolute atomic E-state index is 5.92. The Bertz CT molecular complexity index is 479. The van der Waals surface area contributed by atoms with Crippen molar-refractivity contribution in [3.8, 4) is 5.75 Å². The van der Waals surface area contributed by atoms with Gasteiger partial charge in [0.05, 0.1) is 6.61 Å². The molecule has 0 amide bonds. The molecule has 0 aromatic heterocycles. The van der Waals surface area contributed by atoms with E-state index in [1.165, 1.54) is 0 Å². The van der Waals surface area contributed by atoms with E-state index in [-0.39, 0.29) is 0 Å². The van der Waals surface area contributed by atoms with E-state index in [4.69, 9.17) is 10.5 Å². The zero-order valence-corrected chi connectivity index (χ0v) is 9.57. The Kier molecular flexibility index (Phi) is 3.30. The molecule has 84 valence electrons. The monoisotopic (exact) mass is 215 g/mol. The summed E-state index contributed by atoms with van der Waals surface area (Å²) >= 11 is 0. The molecule has 0 aliphatic rings. The lowest BCUT2D eigenvalue weighted by Crippen LogP contribution is -1.96. The fourth-order valence-corrected chi connectivity index (χ4v) is 1.70. The van der Waals surface area contributed by atoms with Crippen LogP contribution in [0.2, 0.25) is 0 Å². The zero-order valence-electron chi connectivity index (χ0n) is 9.57. The van der Waals surface area contributed by atoms with E-state index in [1.54, 1.807) is 0 Å². The summed E-state index contributed by atoms with van der Waals surface area (Å²) in [5.74, 6) is 0.902. The molecule has 0 aliphatic carbocycles.